The summed E-state index contributed by atoms with van der Waals surface area (Å²) >= 11 is 0.697. The minimum absolute atomic E-state index is 0.0136. The maximum atomic E-state index is 11.9. The first-order chi connectivity index (χ1) is 24.3. The lowest BCUT2D eigenvalue weighted by Crippen LogP contribution is -2.30. The summed E-state index contributed by atoms with van der Waals surface area (Å²) in [5, 5.41) is 10.9. The summed E-state index contributed by atoms with van der Waals surface area (Å²) in [6, 6.07) is 9.49. The Balaban J connectivity index is 1.25. The van der Waals surface area contributed by atoms with Crippen LogP contribution in [0.25, 0.3) is 0 Å². The minimum atomic E-state index is -4.74. The van der Waals surface area contributed by atoms with Crippen LogP contribution in [0.4, 0.5) is 11.4 Å². The van der Waals surface area contributed by atoms with Crippen LogP contribution in [0.3, 0.4) is 0 Å². The Morgan fingerprint density at radius 3 is 2.29 bits per heavy atom. The van der Waals surface area contributed by atoms with Gasteiger partial charge in [-0.3, -0.25) is 0 Å². The zero-order valence-electron chi connectivity index (χ0n) is 28.3. The van der Waals surface area contributed by atoms with Gasteiger partial charge in [0.05, 0.1) is 31.9 Å². The van der Waals surface area contributed by atoms with Gasteiger partial charge in [0.25, 0.3) is 0 Å². The van der Waals surface area contributed by atoms with Crippen LogP contribution in [0.5, 0.6) is 0 Å². The van der Waals surface area contributed by atoms with Gasteiger partial charge < -0.3 is 28.1 Å². The monoisotopic (exact) mass is 787 g/mol. The van der Waals surface area contributed by atoms with E-state index in [0.717, 1.165) is 57.8 Å². The molecule has 1 fully saturated rings. The van der Waals surface area contributed by atoms with Crippen molar-refractivity contribution >= 4 is 59.5 Å². The maximum absolute atomic E-state index is 11.9. The third-order valence-corrected chi connectivity index (χ3v) is 13.7. The van der Waals surface area contributed by atoms with Gasteiger partial charge in [0.1, 0.15) is 20.2 Å². The Hall–Kier alpha value is -3.13. The van der Waals surface area contributed by atoms with Crippen LogP contribution in [0.2, 0.25) is 0 Å². The van der Waals surface area contributed by atoms with Gasteiger partial charge in [0.2, 0.25) is 5.69 Å². The van der Waals surface area contributed by atoms with Crippen molar-refractivity contribution in [3.05, 3.63) is 93.7 Å². The SMILES string of the molecule is CC12CCC(/C=C3C=C(/C=C4\CCC5(C)C4=[N+](CCS(=O)(=O)[O-])c4ccc(SO[O-])cc45)CC/3)=C1N(CCS(=O)(=O)[O-])c1ccc(S(=O)(=O)[O-])cc12. The van der Waals surface area contributed by atoms with Gasteiger partial charge in [-0.25, -0.2) is 25.3 Å². The number of rotatable bonds is 11. The fourth-order valence-corrected chi connectivity index (χ4v) is 10.5. The largest absolute Gasteiger partial charge is 0.748 e. The third kappa shape index (κ3) is 6.75. The highest BCUT2D eigenvalue weighted by molar-refractivity contribution is 7.94. The predicted molar refractivity (Wildman–Crippen MR) is 188 cm³/mol. The fraction of sp³-hybridized carbons (Fsp3) is 0.400. The van der Waals surface area contributed by atoms with Crippen LogP contribution < -0.4 is 10.2 Å². The molecule has 2 aliphatic heterocycles. The Kier molecular flexibility index (Phi) is 9.31. The van der Waals surface area contributed by atoms with Gasteiger partial charge in [-0.2, -0.15) is 4.58 Å². The van der Waals surface area contributed by atoms with Crippen LogP contribution in [-0.2, 0) is 45.5 Å². The standard InChI is InChI=1S/C35H38N2O11S4/c1-34-11-9-24(32(34)36(13-15-50(39,40)41)30-7-5-26(49-48-38)20-28(30)34)18-22-3-4-23(17-22)19-25-10-12-35(2)29-21-27(52(45,46)47)6-8-31(29)37(33(25)35)14-16-51(42,43)44/h5-8,17-21H,3-4,9-16H2,1-2H3,(H3-,38,39,40,41,42,43,44,45,46,47)/p-3. The summed E-state index contributed by atoms with van der Waals surface area (Å²) < 4.78 is 112. The Morgan fingerprint density at radius 2 is 1.60 bits per heavy atom. The molecule has 0 aromatic heterocycles. The highest BCUT2D eigenvalue weighted by Gasteiger charge is 2.54. The van der Waals surface area contributed by atoms with E-state index >= 15 is 0 Å². The molecule has 278 valence electrons. The number of allylic oxidation sites excluding steroid dienone is 8. The van der Waals surface area contributed by atoms with Crippen molar-refractivity contribution < 1.29 is 53.1 Å². The molecule has 0 amide bonds. The smallest absolute Gasteiger partial charge is 0.209 e. The van der Waals surface area contributed by atoms with Crippen molar-refractivity contribution in [2.45, 2.75) is 73.0 Å². The first kappa shape index (κ1) is 37.2. The average molecular weight is 788 g/mol. The van der Waals surface area contributed by atoms with E-state index in [1.807, 2.05) is 23.6 Å². The lowest BCUT2D eigenvalue weighted by atomic mass is 9.80. The van der Waals surface area contributed by atoms with Crippen molar-refractivity contribution in [1.82, 2.24) is 0 Å². The molecular formula is C35H35N2O11S4-3. The molecule has 3 aliphatic carbocycles. The highest BCUT2D eigenvalue weighted by atomic mass is 32.2. The maximum Gasteiger partial charge on any atom is 0.209 e. The van der Waals surface area contributed by atoms with Crippen LogP contribution in [0.1, 0.15) is 63.5 Å². The summed E-state index contributed by atoms with van der Waals surface area (Å²) in [5.41, 5.74) is 7.47. The highest BCUT2D eigenvalue weighted by Crippen LogP contribution is 2.57. The van der Waals surface area contributed by atoms with E-state index in [0.29, 0.717) is 53.9 Å². The van der Waals surface area contributed by atoms with Crippen molar-refractivity contribution in [3.63, 3.8) is 0 Å². The Morgan fingerprint density at radius 1 is 0.865 bits per heavy atom. The van der Waals surface area contributed by atoms with E-state index in [2.05, 4.69) is 29.5 Å². The molecule has 17 heteroatoms. The molecule has 2 atom stereocenters. The van der Waals surface area contributed by atoms with Crippen molar-refractivity contribution in [1.29, 1.82) is 0 Å². The third-order valence-electron chi connectivity index (χ3n) is 11.0. The van der Waals surface area contributed by atoms with Crippen molar-refractivity contribution in [2.24, 2.45) is 0 Å². The van der Waals surface area contributed by atoms with Crippen LogP contribution in [0.15, 0.2) is 92.4 Å². The van der Waals surface area contributed by atoms with Gasteiger partial charge in [-0.1, -0.05) is 12.2 Å². The molecule has 2 heterocycles. The van der Waals surface area contributed by atoms with E-state index in [1.54, 1.807) is 11.0 Å². The second kappa shape index (κ2) is 13.0. The first-order valence-corrected chi connectivity index (χ1v) is 22.0. The average Bonchev–Trinajstić information content (AvgIpc) is 3.82. The van der Waals surface area contributed by atoms with Crippen LogP contribution >= 0.6 is 12.0 Å². The molecule has 1 saturated carbocycles. The first-order valence-electron chi connectivity index (χ1n) is 16.7. The summed E-state index contributed by atoms with van der Waals surface area (Å²) in [6.07, 6.45) is 10.4. The summed E-state index contributed by atoms with van der Waals surface area (Å²) in [4.78, 5) is 2.01. The zero-order chi connectivity index (χ0) is 37.4. The number of hydrogen-bond donors (Lipinski definition) is 0. The quantitative estimate of drug-likeness (QED) is 0.105. The molecular weight excluding hydrogens is 753 g/mol. The van der Waals surface area contributed by atoms with E-state index < -0.39 is 52.7 Å². The summed E-state index contributed by atoms with van der Waals surface area (Å²) in [7, 11) is -13.8. The number of hydrogen-bond acceptors (Lipinski definition) is 13. The van der Waals surface area contributed by atoms with Gasteiger partial charge in [-0.15, -0.1) is 0 Å². The number of fused-ring (bicyclic) bond motifs is 6. The molecule has 0 N–H and O–H groups in total. The molecule has 13 nitrogen and oxygen atoms in total. The van der Waals surface area contributed by atoms with E-state index in [4.69, 9.17) is 0 Å². The predicted octanol–water partition coefficient (Wildman–Crippen LogP) is 3.53. The molecule has 2 aromatic carbocycles. The lowest BCUT2D eigenvalue weighted by Gasteiger charge is -2.27. The van der Waals surface area contributed by atoms with Gasteiger partial charge >= 0.3 is 0 Å². The lowest BCUT2D eigenvalue weighted by molar-refractivity contribution is -0.630. The van der Waals surface area contributed by atoms with E-state index in [1.165, 1.54) is 18.2 Å². The van der Waals surface area contributed by atoms with Crippen molar-refractivity contribution in [3.8, 4) is 0 Å². The van der Waals surface area contributed by atoms with Gasteiger partial charge in [-0.05, 0) is 111 Å². The molecule has 0 radical (unpaired) electrons. The Labute approximate surface area is 307 Å². The van der Waals surface area contributed by atoms with E-state index in [9.17, 15) is 44.2 Å². The molecule has 0 saturated heterocycles. The zero-order valence-corrected chi connectivity index (χ0v) is 31.6. The van der Waals surface area contributed by atoms with Gasteiger partial charge in [0, 0.05) is 57.5 Å². The second-order valence-corrected chi connectivity index (χ2v) is 19.5. The molecule has 0 spiro atoms. The normalized spacial score (nSPS) is 25.7. The topological polar surface area (TPSA) is 210 Å². The van der Waals surface area contributed by atoms with E-state index in [-0.39, 0.29) is 18.0 Å². The molecule has 2 unspecified atom stereocenters. The Bertz CT molecular complexity index is 2400. The fourth-order valence-electron chi connectivity index (χ4n) is 8.79. The minimum Gasteiger partial charge on any atom is -0.748 e. The summed E-state index contributed by atoms with van der Waals surface area (Å²) in [5.74, 6) is -1.22. The molecule has 5 aliphatic rings. The summed E-state index contributed by atoms with van der Waals surface area (Å²) in [6.45, 7) is 3.88. The molecule has 2 aromatic rings. The second-order valence-electron chi connectivity index (χ2n) is 14.3. The number of nitrogens with zero attached hydrogens (tertiary/aromatic N) is 2. The molecule has 52 heavy (non-hydrogen) atoms. The van der Waals surface area contributed by atoms with Crippen LogP contribution in [0, 0.1) is 0 Å². The number of anilines is 1. The molecule has 0 bridgehead atoms. The van der Waals surface area contributed by atoms with Crippen LogP contribution in [-0.4, -0.2) is 73.8 Å². The van der Waals surface area contributed by atoms with Gasteiger partial charge in [0.15, 0.2) is 12.3 Å². The van der Waals surface area contributed by atoms with Crippen molar-refractivity contribution in [2.75, 3.05) is 29.5 Å². The number of benzene rings is 2. The molecule has 7 rings (SSSR count).